The molecule has 1 saturated carbocycles. The van der Waals surface area contributed by atoms with Gasteiger partial charge in [0.1, 0.15) is 5.82 Å². The Labute approximate surface area is 120 Å². The van der Waals surface area contributed by atoms with Crippen molar-refractivity contribution in [2.45, 2.75) is 38.8 Å². The van der Waals surface area contributed by atoms with Crippen LogP contribution in [-0.2, 0) is 4.79 Å². The molecule has 0 aliphatic heterocycles. The second-order valence-electron chi connectivity index (χ2n) is 5.56. The predicted octanol–water partition coefficient (Wildman–Crippen LogP) is 4.44. The van der Waals surface area contributed by atoms with Gasteiger partial charge in [-0.3, -0.25) is 4.79 Å². The van der Waals surface area contributed by atoms with Crippen molar-refractivity contribution < 1.29 is 22.4 Å². The van der Waals surface area contributed by atoms with Gasteiger partial charge in [-0.25, -0.2) is 4.39 Å². The number of benzene rings is 1. The SMILES string of the molecule is Cc1ccc(NC(=O)C2CCCC(C(F)(F)F)C2)cc1F. The van der Waals surface area contributed by atoms with Crippen LogP contribution >= 0.6 is 0 Å². The molecule has 0 aromatic heterocycles. The number of carbonyl (C=O) groups excluding carboxylic acids is 1. The minimum atomic E-state index is -4.26. The molecule has 0 radical (unpaired) electrons. The number of hydrogen-bond acceptors (Lipinski definition) is 1. The molecule has 0 heterocycles. The number of carbonyl (C=O) groups is 1. The lowest BCUT2D eigenvalue weighted by Gasteiger charge is -2.29. The van der Waals surface area contributed by atoms with Crippen LogP contribution in [0, 0.1) is 24.6 Å². The summed E-state index contributed by atoms with van der Waals surface area (Å²) < 4.78 is 51.6. The molecule has 1 aromatic rings. The van der Waals surface area contributed by atoms with Gasteiger partial charge in [0.05, 0.1) is 5.92 Å². The van der Waals surface area contributed by atoms with E-state index in [-0.39, 0.29) is 18.5 Å². The molecule has 1 aliphatic carbocycles. The zero-order valence-corrected chi connectivity index (χ0v) is 11.6. The summed E-state index contributed by atoms with van der Waals surface area (Å²) in [6.45, 7) is 1.59. The monoisotopic (exact) mass is 303 g/mol. The van der Waals surface area contributed by atoms with E-state index in [2.05, 4.69) is 5.32 Å². The third kappa shape index (κ3) is 3.95. The largest absolute Gasteiger partial charge is 0.391 e. The Morgan fingerprint density at radius 1 is 1.29 bits per heavy atom. The number of hydrogen-bond donors (Lipinski definition) is 1. The summed E-state index contributed by atoms with van der Waals surface area (Å²) >= 11 is 0. The third-order valence-corrected chi connectivity index (χ3v) is 3.95. The van der Waals surface area contributed by atoms with E-state index >= 15 is 0 Å². The van der Waals surface area contributed by atoms with Crippen molar-refractivity contribution in [3.8, 4) is 0 Å². The maximum atomic E-state index is 13.4. The lowest BCUT2D eigenvalue weighted by Crippen LogP contribution is -2.34. The van der Waals surface area contributed by atoms with Crippen LogP contribution in [-0.4, -0.2) is 12.1 Å². The molecule has 1 N–H and O–H groups in total. The molecular formula is C15H17F4NO. The van der Waals surface area contributed by atoms with Crippen molar-refractivity contribution in [2.75, 3.05) is 5.32 Å². The highest BCUT2D eigenvalue weighted by Gasteiger charge is 2.43. The van der Waals surface area contributed by atoms with Gasteiger partial charge in [0, 0.05) is 11.6 Å². The van der Waals surface area contributed by atoms with Crippen molar-refractivity contribution in [3.05, 3.63) is 29.6 Å². The number of rotatable bonds is 2. The predicted molar refractivity (Wildman–Crippen MR) is 71.3 cm³/mol. The molecule has 2 rings (SSSR count). The van der Waals surface area contributed by atoms with Crippen molar-refractivity contribution in [3.63, 3.8) is 0 Å². The summed E-state index contributed by atoms with van der Waals surface area (Å²) in [5, 5.41) is 2.51. The minimum Gasteiger partial charge on any atom is -0.326 e. The average molecular weight is 303 g/mol. The Morgan fingerprint density at radius 3 is 2.62 bits per heavy atom. The van der Waals surface area contributed by atoms with Crippen LogP contribution in [0.1, 0.15) is 31.2 Å². The first-order valence-electron chi connectivity index (χ1n) is 6.91. The maximum Gasteiger partial charge on any atom is 0.391 e. The van der Waals surface area contributed by atoms with Gasteiger partial charge in [0.15, 0.2) is 0 Å². The first-order valence-corrected chi connectivity index (χ1v) is 6.91. The molecule has 116 valence electrons. The molecule has 0 bridgehead atoms. The molecule has 1 aromatic carbocycles. The van der Waals surface area contributed by atoms with Crippen LogP contribution in [0.2, 0.25) is 0 Å². The Balaban J connectivity index is 2.01. The third-order valence-electron chi connectivity index (χ3n) is 3.95. The Kier molecular flexibility index (Phi) is 4.54. The number of halogens is 4. The average Bonchev–Trinajstić information content (AvgIpc) is 2.42. The van der Waals surface area contributed by atoms with Crippen LogP contribution in [0.15, 0.2) is 18.2 Å². The standard InChI is InChI=1S/C15H17F4NO/c1-9-5-6-12(8-13(9)16)20-14(21)10-3-2-4-11(7-10)15(17,18)19/h5-6,8,10-11H,2-4,7H2,1H3,(H,20,21). The van der Waals surface area contributed by atoms with E-state index in [0.29, 0.717) is 18.4 Å². The summed E-state index contributed by atoms with van der Waals surface area (Å²) in [5.74, 6) is -3.01. The smallest absolute Gasteiger partial charge is 0.326 e. The molecule has 21 heavy (non-hydrogen) atoms. The van der Waals surface area contributed by atoms with E-state index in [9.17, 15) is 22.4 Å². The van der Waals surface area contributed by atoms with E-state index in [1.165, 1.54) is 12.1 Å². The highest BCUT2D eigenvalue weighted by molar-refractivity contribution is 5.92. The summed E-state index contributed by atoms with van der Waals surface area (Å²) in [6, 6.07) is 4.24. The molecule has 2 unspecified atom stereocenters. The summed E-state index contributed by atoms with van der Waals surface area (Å²) in [6.07, 6.45) is -3.55. The first-order chi connectivity index (χ1) is 9.77. The van der Waals surface area contributed by atoms with E-state index < -0.39 is 29.7 Å². The molecule has 1 fully saturated rings. The van der Waals surface area contributed by atoms with Crippen LogP contribution < -0.4 is 5.32 Å². The number of anilines is 1. The number of aryl methyl sites for hydroxylation is 1. The fourth-order valence-electron chi connectivity index (χ4n) is 2.64. The second-order valence-corrected chi connectivity index (χ2v) is 5.56. The fraction of sp³-hybridized carbons (Fsp3) is 0.533. The molecular weight excluding hydrogens is 286 g/mol. The van der Waals surface area contributed by atoms with E-state index in [4.69, 9.17) is 0 Å². The van der Waals surface area contributed by atoms with Crippen LogP contribution in [0.3, 0.4) is 0 Å². The zero-order valence-electron chi connectivity index (χ0n) is 11.6. The van der Waals surface area contributed by atoms with Crippen molar-refractivity contribution in [1.29, 1.82) is 0 Å². The normalized spacial score (nSPS) is 22.9. The fourth-order valence-corrected chi connectivity index (χ4v) is 2.64. The lowest BCUT2D eigenvalue weighted by atomic mass is 9.80. The maximum absolute atomic E-state index is 13.4. The van der Waals surface area contributed by atoms with Gasteiger partial charge >= 0.3 is 6.18 Å². The highest BCUT2D eigenvalue weighted by atomic mass is 19.4. The van der Waals surface area contributed by atoms with Gasteiger partial charge in [-0.2, -0.15) is 13.2 Å². The molecule has 0 saturated heterocycles. The second kappa shape index (κ2) is 6.03. The van der Waals surface area contributed by atoms with E-state index in [0.717, 1.165) is 0 Å². The molecule has 1 aliphatic rings. The molecule has 0 spiro atoms. The minimum absolute atomic E-state index is 0.0758. The van der Waals surface area contributed by atoms with Gasteiger partial charge in [-0.15, -0.1) is 0 Å². The number of nitrogens with one attached hydrogen (secondary N) is 1. The molecule has 6 heteroatoms. The summed E-state index contributed by atoms with van der Waals surface area (Å²) in [7, 11) is 0. The molecule has 2 nitrogen and oxygen atoms in total. The van der Waals surface area contributed by atoms with E-state index in [1.54, 1.807) is 13.0 Å². The van der Waals surface area contributed by atoms with Gasteiger partial charge in [-0.1, -0.05) is 12.5 Å². The molecule has 1 amide bonds. The van der Waals surface area contributed by atoms with Gasteiger partial charge in [0.2, 0.25) is 5.91 Å². The summed E-state index contributed by atoms with van der Waals surface area (Å²) in [4.78, 5) is 12.0. The molecule has 2 atom stereocenters. The van der Waals surface area contributed by atoms with Crippen LogP contribution in [0.5, 0.6) is 0 Å². The lowest BCUT2D eigenvalue weighted by molar-refractivity contribution is -0.185. The Hall–Kier alpha value is -1.59. The van der Waals surface area contributed by atoms with Crippen molar-refractivity contribution >= 4 is 11.6 Å². The highest BCUT2D eigenvalue weighted by Crippen LogP contribution is 2.40. The van der Waals surface area contributed by atoms with Crippen LogP contribution in [0.4, 0.5) is 23.2 Å². The zero-order chi connectivity index (χ0) is 15.6. The number of alkyl halides is 3. The Morgan fingerprint density at radius 2 is 2.00 bits per heavy atom. The topological polar surface area (TPSA) is 29.1 Å². The quantitative estimate of drug-likeness (QED) is 0.804. The van der Waals surface area contributed by atoms with Gasteiger partial charge in [0.25, 0.3) is 0 Å². The van der Waals surface area contributed by atoms with Gasteiger partial charge in [-0.05, 0) is 43.9 Å². The Bertz CT molecular complexity index is 527. The first kappa shape index (κ1) is 15.8. The van der Waals surface area contributed by atoms with Crippen LogP contribution in [0.25, 0.3) is 0 Å². The van der Waals surface area contributed by atoms with E-state index in [1.807, 2.05) is 0 Å². The van der Waals surface area contributed by atoms with Gasteiger partial charge < -0.3 is 5.32 Å². The number of amides is 1. The van der Waals surface area contributed by atoms with Crippen molar-refractivity contribution in [1.82, 2.24) is 0 Å². The summed E-state index contributed by atoms with van der Waals surface area (Å²) in [5.41, 5.74) is 0.722. The van der Waals surface area contributed by atoms with Crippen molar-refractivity contribution in [2.24, 2.45) is 11.8 Å².